The summed E-state index contributed by atoms with van der Waals surface area (Å²) in [5.41, 5.74) is 17.6. The third-order valence-electron chi connectivity index (χ3n) is 6.55. The van der Waals surface area contributed by atoms with E-state index in [0.717, 1.165) is 27.7 Å². The van der Waals surface area contributed by atoms with Crippen molar-refractivity contribution in [2.45, 2.75) is 25.6 Å². The largest absolute Gasteiger partial charge is 0.480 e. The van der Waals surface area contributed by atoms with E-state index in [-0.39, 0.29) is 45.2 Å². The fourth-order valence-electron chi connectivity index (χ4n) is 4.38. The summed E-state index contributed by atoms with van der Waals surface area (Å²) in [5.74, 6) is -2.95. The summed E-state index contributed by atoms with van der Waals surface area (Å²) in [4.78, 5) is 58.5. The zero-order valence-corrected chi connectivity index (χ0v) is 23.8. The second-order valence-electron chi connectivity index (χ2n) is 10.1. The van der Waals surface area contributed by atoms with Gasteiger partial charge in [0.2, 0.25) is 5.91 Å². The van der Waals surface area contributed by atoms with Gasteiger partial charge in [0, 0.05) is 50.4 Å². The SMILES string of the molecule is NCCN(CCN(CC(=O)O)CC(=O)O)CC(=O)NCc1ccc(CONC(=O)[C@H](N)Cc2cc3ccccc3[nH]2)cc1. The van der Waals surface area contributed by atoms with Crippen LogP contribution in [0.3, 0.4) is 0 Å². The maximum atomic E-state index is 12.5. The highest BCUT2D eigenvalue weighted by Gasteiger charge is 2.17. The first-order chi connectivity index (χ1) is 20.6. The van der Waals surface area contributed by atoms with Crippen LogP contribution in [0.4, 0.5) is 0 Å². The molecule has 0 bridgehead atoms. The van der Waals surface area contributed by atoms with Crippen molar-refractivity contribution in [1.29, 1.82) is 0 Å². The number of carbonyl (C=O) groups is 4. The molecular formula is C29H39N7O7. The van der Waals surface area contributed by atoms with Crippen molar-refractivity contribution in [3.8, 4) is 0 Å². The van der Waals surface area contributed by atoms with Crippen LogP contribution in [0, 0.1) is 0 Å². The first kappa shape index (κ1) is 33.2. The van der Waals surface area contributed by atoms with Crippen molar-refractivity contribution in [3.63, 3.8) is 0 Å². The lowest BCUT2D eigenvalue weighted by Crippen LogP contribution is -2.45. The van der Waals surface area contributed by atoms with E-state index < -0.39 is 37.0 Å². The molecule has 2 amide bonds. The number of hydrogen-bond acceptors (Lipinski definition) is 9. The van der Waals surface area contributed by atoms with Crippen molar-refractivity contribution in [2.24, 2.45) is 11.5 Å². The highest BCUT2D eigenvalue weighted by molar-refractivity contribution is 5.82. The summed E-state index contributed by atoms with van der Waals surface area (Å²) >= 11 is 0. The van der Waals surface area contributed by atoms with Crippen molar-refractivity contribution >= 4 is 34.7 Å². The molecule has 0 spiro atoms. The number of aliphatic carboxylic acids is 2. The van der Waals surface area contributed by atoms with Gasteiger partial charge < -0.3 is 32.0 Å². The van der Waals surface area contributed by atoms with Crippen LogP contribution in [0.5, 0.6) is 0 Å². The molecule has 3 aromatic rings. The minimum atomic E-state index is -1.13. The number of rotatable bonds is 19. The number of carboxylic acid groups (broad SMARTS) is 2. The number of H-pyrrole nitrogens is 1. The molecule has 1 heterocycles. The van der Waals surface area contributed by atoms with Gasteiger partial charge in [-0.15, -0.1) is 0 Å². The number of nitrogens with two attached hydrogens (primary N) is 2. The predicted octanol–water partition coefficient (Wildman–Crippen LogP) is -0.366. The molecule has 3 rings (SSSR count). The molecule has 0 unspecified atom stereocenters. The van der Waals surface area contributed by atoms with Gasteiger partial charge in [-0.1, -0.05) is 42.5 Å². The van der Waals surface area contributed by atoms with Crippen LogP contribution >= 0.6 is 0 Å². The van der Waals surface area contributed by atoms with Gasteiger partial charge in [0.15, 0.2) is 0 Å². The third-order valence-corrected chi connectivity index (χ3v) is 6.55. The summed E-state index contributed by atoms with van der Waals surface area (Å²) in [6.07, 6.45) is 0.335. The molecule has 0 aliphatic carbocycles. The van der Waals surface area contributed by atoms with E-state index in [1.54, 1.807) is 4.90 Å². The minimum absolute atomic E-state index is 0.0270. The van der Waals surface area contributed by atoms with Crippen LogP contribution in [0.15, 0.2) is 54.6 Å². The van der Waals surface area contributed by atoms with Crippen LogP contribution in [0.25, 0.3) is 10.9 Å². The van der Waals surface area contributed by atoms with Crippen molar-refractivity contribution in [1.82, 2.24) is 25.6 Å². The Bertz CT molecular complexity index is 1310. The van der Waals surface area contributed by atoms with Crippen molar-refractivity contribution < 1.29 is 34.2 Å². The number of hydroxylamine groups is 1. The topological polar surface area (TPSA) is 216 Å². The molecule has 0 aliphatic heterocycles. The van der Waals surface area contributed by atoms with Crippen LogP contribution in [-0.2, 0) is 43.6 Å². The average Bonchev–Trinajstić information content (AvgIpc) is 3.37. The Kier molecular flexibility index (Phi) is 13.1. The molecule has 0 saturated carbocycles. The van der Waals surface area contributed by atoms with Crippen molar-refractivity contribution in [3.05, 3.63) is 71.4 Å². The first-order valence-corrected chi connectivity index (χ1v) is 13.8. The fraction of sp³-hybridized carbons (Fsp3) is 0.379. The Labute approximate surface area is 248 Å². The predicted molar refractivity (Wildman–Crippen MR) is 158 cm³/mol. The summed E-state index contributed by atoms with van der Waals surface area (Å²) < 4.78 is 0. The van der Waals surface area contributed by atoms with E-state index in [2.05, 4.69) is 15.8 Å². The molecule has 9 N–H and O–H groups in total. The zero-order chi connectivity index (χ0) is 31.2. The Morgan fingerprint density at radius 2 is 1.53 bits per heavy atom. The third kappa shape index (κ3) is 11.8. The number of nitrogens with one attached hydrogen (secondary N) is 3. The highest BCUT2D eigenvalue weighted by atomic mass is 16.6. The minimum Gasteiger partial charge on any atom is -0.480 e. The summed E-state index contributed by atoms with van der Waals surface area (Å²) in [6.45, 7) is 0.719. The molecule has 1 atom stereocenters. The molecule has 2 aromatic carbocycles. The van der Waals surface area contributed by atoms with Crippen molar-refractivity contribution in [2.75, 3.05) is 45.8 Å². The Hall–Kier alpha value is -4.34. The van der Waals surface area contributed by atoms with Crippen LogP contribution in [0.1, 0.15) is 16.8 Å². The van der Waals surface area contributed by atoms with Crippen LogP contribution < -0.4 is 22.3 Å². The monoisotopic (exact) mass is 597 g/mol. The number of amides is 2. The summed E-state index contributed by atoms with van der Waals surface area (Å²) in [6, 6.07) is 16.3. The molecular weight excluding hydrogens is 558 g/mol. The fourth-order valence-corrected chi connectivity index (χ4v) is 4.38. The van der Waals surface area contributed by atoms with Gasteiger partial charge in [-0.2, -0.15) is 0 Å². The van der Waals surface area contributed by atoms with Crippen LogP contribution in [0.2, 0.25) is 0 Å². The molecule has 1 aromatic heterocycles. The lowest BCUT2D eigenvalue weighted by atomic mass is 10.1. The van der Waals surface area contributed by atoms with E-state index in [1.165, 1.54) is 4.90 Å². The van der Waals surface area contributed by atoms with Gasteiger partial charge in [-0.05, 0) is 28.6 Å². The van der Waals surface area contributed by atoms with E-state index in [4.69, 9.17) is 26.5 Å². The van der Waals surface area contributed by atoms with Gasteiger partial charge >= 0.3 is 11.9 Å². The lowest BCUT2D eigenvalue weighted by Gasteiger charge is -2.25. The summed E-state index contributed by atoms with van der Waals surface area (Å²) in [5, 5.41) is 21.9. The molecule has 43 heavy (non-hydrogen) atoms. The maximum Gasteiger partial charge on any atom is 0.317 e. The number of nitrogens with zero attached hydrogens (tertiary/aromatic N) is 2. The number of fused-ring (bicyclic) bond motifs is 1. The van der Waals surface area contributed by atoms with Gasteiger partial charge in [0.25, 0.3) is 5.91 Å². The molecule has 232 valence electrons. The molecule has 0 saturated heterocycles. The van der Waals surface area contributed by atoms with E-state index in [9.17, 15) is 19.2 Å². The molecule has 0 radical (unpaired) electrons. The average molecular weight is 598 g/mol. The number of para-hydroxylation sites is 1. The number of benzene rings is 2. The second kappa shape index (κ2) is 16.9. The first-order valence-electron chi connectivity index (χ1n) is 13.8. The highest BCUT2D eigenvalue weighted by Crippen LogP contribution is 2.15. The molecule has 14 heteroatoms. The molecule has 14 nitrogen and oxygen atoms in total. The van der Waals surface area contributed by atoms with E-state index in [1.807, 2.05) is 54.6 Å². The maximum absolute atomic E-state index is 12.5. The lowest BCUT2D eigenvalue weighted by molar-refractivity contribution is -0.142. The molecule has 0 aliphatic rings. The number of hydrogen-bond donors (Lipinski definition) is 7. The normalized spacial score (nSPS) is 12.0. The Balaban J connectivity index is 1.37. The smallest absolute Gasteiger partial charge is 0.317 e. The summed E-state index contributed by atoms with van der Waals surface area (Å²) in [7, 11) is 0. The van der Waals surface area contributed by atoms with Crippen LogP contribution in [-0.4, -0.2) is 101 Å². The molecule has 0 fully saturated rings. The van der Waals surface area contributed by atoms with Gasteiger partial charge in [0.05, 0.1) is 32.3 Å². The number of carboxylic acids is 2. The van der Waals surface area contributed by atoms with Gasteiger partial charge in [-0.25, -0.2) is 5.48 Å². The second-order valence-corrected chi connectivity index (χ2v) is 10.1. The number of aromatic amines is 1. The quantitative estimate of drug-likeness (QED) is 0.0885. The van der Waals surface area contributed by atoms with E-state index in [0.29, 0.717) is 13.0 Å². The standard InChI is InChI=1S/C29H39N7O7/c30-9-10-35(11-12-36(17-27(38)39)18-28(40)41)16-26(37)32-15-20-5-7-21(8-6-20)19-43-34-29(42)24(31)14-23-13-22-3-1-2-4-25(22)33-23/h1-8,13,24,33H,9-12,14-19,30-31H2,(H,32,37)(H,34,42)(H,38,39)(H,40,41)/t24-/m1/s1. The van der Waals surface area contributed by atoms with E-state index >= 15 is 0 Å². The Morgan fingerprint density at radius 1 is 0.884 bits per heavy atom. The van der Waals surface area contributed by atoms with Gasteiger partial charge in [-0.3, -0.25) is 33.8 Å². The Morgan fingerprint density at radius 3 is 2.19 bits per heavy atom. The number of aromatic nitrogens is 1. The number of carbonyl (C=O) groups excluding carboxylic acids is 2. The van der Waals surface area contributed by atoms with Gasteiger partial charge in [0.1, 0.15) is 0 Å². The zero-order valence-electron chi connectivity index (χ0n) is 23.8.